The molecule has 1 amide bonds. The summed E-state index contributed by atoms with van der Waals surface area (Å²) in [5.41, 5.74) is 0.193. The van der Waals surface area contributed by atoms with Crippen LogP contribution in [0.25, 0.3) is 0 Å². The van der Waals surface area contributed by atoms with Crippen molar-refractivity contribution in [2.75, 3.05) is 12.1 Å². The van der Waals surface area contributed by atoms with E-state index in [1.165, 1.54) is 43.3 Å². The first kappa shape index (κ1) is 20.8. The summed E-state index contributed by atoms with van der Waals surface area (Å²) in [5, 5.41) is 2.67. The molecule has 1 aliphatic heterocycles. The number of hydrogen-bond donors (Lipinski definition) is 2. The highest BCUT2D eigenvalue weighted by Gasteiger charge is 2.23. The van der Waals surface area contributed by atoms with Gasteiger partial charge in [0.05, 0.1) is 10.6 Å². The Morgan fingerprint density at radius 2 is 1.59 bits per heavy atom. The molecule has 0 radical (unpaired) electrons. The molecule has 0 unspecified atom stereocenters. The molecule has 29 heavy (non-hydrogen) atoms. The van der Waals surface area contributed by atoms with Gasteiger partial charge < -0.3 is 14.8 Å². The summed E-state index contributed by atoms with van der Waals surface area (Å²) in [6.45, 7) is 6.65. The monoisotopic (exact) mass is 418 g/mol. The molecular formula is C20H22N2O6S. The number of Topliss-reactive ketones (excluding diaryl/α,β-unsaturated/α-hetero) is 1. The van der Waals surface area contributed by atoms with Crippen LogP contribution in [-0.2, 0) is 10.0 Å². The summed E-state index contributed by atoms with van der Waals surface area (Å²) in [5.74, 6) is 0.140. The highest BCUT2D eigenvalue weighted by Crippen LogP contribution is 2.37. The van der Waals surface area contributed by atoms with Crippen LogP contribution in [0.1, 0.15) is 48.4 Å². The quantitative estimate of drug-likeness (QED) is 0.723. The molecule has 0 aromatic heterocycles. The molecule has 2 aromatic carbocycles. The summed E-state index contributed by atoms with van der Waals surface area (Å²) < 4.78 is 37.9. The van der Waals surface area contributed by atoms with Crippen molar-refractivity contribution in [2.45, 2.75) is 38.1 Å². The molecule has 8 nitrogen and oxygen atoms in total. The van der Waals surface area contributed by atoms with E-state index in [9.17, 15) is 18.0 Å². The Balaban J connectivity index is 1.83. The van der Waals surface area contributed by atoms with Crippen molar-refractivity contribution in [2.24, 2.45) is 0 Å². The van der Waals surface area contributed by atoms with E-state index in [4.69, 9.17) is 9.47 Å². The van der Waals surface area contributed by atoms with Gasteiger partial charge in [0.1, 0.15) is 0 Å². The number of benzene rings is 2. The van der Waals surface area contributed by atoms with Gasteiger partial charge in [-0.15, -0.1) is 0 Å². The molecule has 0 atom stereocenters. The van der Waals surface area contributed by atoms with E-state index in [1.807, 2.05) is 0 Å². The number of carbonyl (C=O) groups is 2. The molecule has 2 N–H and O–H groups in total. The molecule has 0 fully saturated rings. The first-order valence-corrected chi connectivity index (χ1v) is 10.3. The van der Waals surface area contributed by atoms with Crippen molar-refractivity contribution < 1.29 is 27.5 Å². The SMILES string of the molecule is CC(=O)c1cc2c(cc1NC(=O)c1ccc(S(=O)(=O)NC(C)(C)C)cc1)OCO2. The third-order valence-electron chi connectivity index (χ3n) is 4.01. The van der Waals surface area contributed by atoms with Gasteiger partial charge in [0.15, 0.2) is 17.3 Å². The van der Waals surface area contributed by atoms with Gasteiger partial charge in [0.2, 0.25) is 16.8 Å². The Morgan fingerprint density at radius 1 is 1.00 bits per heavy atom. The number of fused-ring (bicyclic) bond motifs is 1. The third-order valence-corrected chi connectivity index (χ3v) is 5.78. The molecule has 154 valence electrons. The molecule has 9 heteroatoms. The van der Waals surface area contributed by atoms with E-state index in [0.29, 0.717) is 11.5 Å². The van der Waals surface area contributed by atoms with Gasteiger partial charge in [-0.3, -0.25) is 9.59 Å². The van der Waals surface area contributed by atoms with E-state index in [2.05, 4.69) is 10.0 Å². The minimum Gasteiger partial charge on any atom is -0.454 e. The molecule has 0 spiro atoms. The number of sulfonamides is 1. The number of nitrogens with one attached hydrogen (secondary N) is 2. The zero-order chi connectivity index (χ0) is 21.4. The Labute approximate surface area is 169 Å². The van der Waals surface area contributed by atoms with Crippen molar-refractivity contribution in [1.82, 2.24) is 4.72 Å². The predicted molar refractivity (Wildman–Crippen MR) is 107 cm³/mol. The molecule has 1 heterocycles. The molecule has 0 aliphatic carbocycles. The maximum Gasteiger partial charge on any atom is 0.255 e. The Bertz CT molecular complexity index is 1070. The Kier molecular flexibility index (Phi) is 5.38. The largest absolute Gasteiger partial charge is 0.454 e. The number of hydrogen-bond acceptors (Lipinski definition) is 6. The summed E-state index contributed by atoms with van der Waals surface area (Å²) in [7, 11) is -3.70. The highest BCUT2D eigenvalue weighted by atomic mass is 32.2. The van der Waals surface area contributed by atoms with Gasteiger partial charge >= 0.3 is 0 Å². The fourth-order valence-corrected chi connectivity index (χ4v) is 4.20. The Hall–Kier alpha value is -2.91. The fourth-order valence-electron chi connectivity index (χ4n) is 2.78. The molecule has 2 aromatic rings. The number of ether oxygens (including phenoxy) is 2. The number of amides is 1. The molecule has 0 bridgehead atoms. The summed E-state index contributed by atoms with van der Waals surface area (Å²) >= 11 is 0. The standard InChI is InChI=1S/C20H22N2O6S/c1-12(23)15-9-17-18(28-11-27-17)10-16(15)21-19(24)13-5-7-14(8-6-13)29(25,26)22-20(2,3)4/h5-10,22H,11H2,1-4H3,(H,21,24). The van der Waals surface area contributed by atoms with Crippen molar-refractivity contribution in [1.29, 1.82) is 0 Å². The van der Waals surface area contributed by atoms with Crippen molar-refractivity contribution >= 4 is 27.4 Å². The second-order valence-electron chi connectivity index (χ2n) is 7.64. The second kappa shape index (κ2) is 7.49. The van der Waals surface area contributed by atoms with Gasteiger partial charge in [-0.05, 0) is 58.0 Å². The van der Waals surface area contributed by atoms with Crippen LogP contribution in [0.5, 0.6) is 11.5 Å². The van der Waals surface area contributed by atoms with Crippen molar-refractivity contribution in [3.05, 3.63) is 47.5 Å². The van der Waals surface area contributed by atoms with E-state index < -0.39 is 21.5 Å². The average molecular weight is 418 g/mol. The van der Waals surface area contributed by atoms with E-state index in [0.717, 1.165) is 0 Å². The number of rotatable bonds is 5. The maximum absolute atomic E-state index is 12.6. The van der Waals surface area contributed by atoms with Crippen molar-refractivity contribution in [3.8, 4) is 11.5 Å². The van der Waals surface area contributed by atoms with E-state index in [1.54, 1.807) is 20.8 Å². The Morgan fingerprint density at radius 3 is 2.14 bits per heavy atom. The molecule has 0 saturated heterocycles. The summed E-state index contributed by atoms with van der Waals surface area (Å²) in [6.07, 6.45) is 0. The minimum atomic E-state index is -3.70. The molecule has 3 rings (SSSR count). The minimum absolute atomic E-state index is 0.0443. The lowest BCUT2D eigenvalue weighted by atomic mass is 10.1. The topological polar surface area (TPSA) is 111 Å². The lowest BCUT2D eigenvalue weighted by Gasteiger charge is -2.20. The predicted octanol–water partition coefficient (Wildman–Crippen LogP) is 2.95. The van der Waals surface area contributed by atoms with Crippen LogP contribution in [0.15, 0.2) is 41.3 Å². The second-order valence-corrected chi connectivity index (χ2v) is 9.32. The van der Waals surface area contributed by atoms with Crippen LogP contribution in [0.4, 0.5) is 5.69 Å². The summed E-state index contributed by atoms with van der Waals surface area (Å²) in [4.78, 5) is 24.6. The van der Waals surface area contributed by atoms with Gasteiger partial charge in [-0.2, -0.15) is 0 Å². The van der Waals surface area contributed by atoms with Gasteiger partial charge in [0, 0.05) is 22.7 Å². The van der Waals surface area contributed by atoms with Crippen molar-refractivity contribution in [3.63, 3.8) is 0 Å². The van der Waals surface area contributed by atoms with Crippen LogP contribution < -0.4 is 19.5 Å². The van der Waals surface area contributed by atoms with Crippen LogP contribution in [-0.4, -0.2) is 32.4 Å². The molecular weight excluding hydrogens is 396 g/mol. The lowest BCUT2D eigenvalue weighted by Crippen LogP contribution is -2.40. The maximum atomic E-state index is 12.6. The number of carbonyl (C=O) groups excluding carboxylic acids is 2. The lowest BCUT2D eigenvalue weighted by molar-refractivity contribution is 0.101. The van der Waals surface area contributed by atoms with Gasteiger partial charge in [-0.1, -0.05) is 0 Å². The zero-order valence-electron chi connectivity index (χ0n) is 16.5. The van der Waals surface area contributed by atoms with Crippen LogP contribution in [0.3, 0.4) is 0 Å². The normalized spacial score (nSPS) is 13.2. The van der Waals surface area contributed by atoms with E-state index >= 15 is 0 Å². The van der Waals surface area contributed by atoms with Gasteiger partial charge in [0.25, 0.3) is 5.91 Å². The number of ketones is 1. The first-order chi connectivity index (χ1) is 13.5. The smallest absolute Gasteiger partial charge is 0.255 e. The average Bonchev–Trinajstić information content (AvgIpc) is 3.06. The van der Waals surface area contributed by atoms with Crippen LogP contribution in [0.2, 0.25) is 0 Å². The van der Waals surface area contributed by atoms with Crippen LogP contribution >= 0.6 is 0 Å². The zero-order valence-corrected chi connectivity index (χ0v) is 17.3. The van der Waals surface area contributed by atoms with Crippen LogP contribution in [0, 0.1) is 0 Å². The highest BCUT2D eigenvalue weighted by molar-refractivity contribution is 7.89. The van der Waals surface area contributed by atoms with E-state index in [-0.39, 0.29) is 34.3 Å². The molecule has 1 aliphatic rings. The number of anilines is 1. The molecule has 0 saturated carbocycles. The van der Waals surface area contributed by atoms with Gasteiger partial charge in [-0.25, -0.2) is 13.1 Å². The fraction of sp³-hybridized carbons (Fsp3) is 0.300. The third kappa shape index (κ3) is 4.75. The first-order valence-electron chi connectivity index (χ1n) is 8.86. The summed E-state index contributed by atoms with van der Waals surface area (Å²) in [6, 6.07) is 8.58.